The second kappa shape index (κ2) is 6.09. The molecule has 0 aromatic carbocycles. The van der Waals surface area contributed by atoms with Gasteiger partial charge in [-0.15, -0.1) is 5.10 Å². The standard InChI is InChI=1S/C13H22N4S/c1-7(2)8(3)6-15-13-11(12(14)18)9(4)10(5)16-17-13/h7-8H,6H2,1-5H3,(H2,14,18)(H,15,17). The highest BCUT2D eigenvalue weighted by Gasteiger charge is 2.14. The van der Waals surface area contributed by atoms with Crippen LogP contribution in [-0.2, 0) is 0 Å². The summed E-state index contributed by atoms with van der Waals surface area (Å²) in [7, 11) is 0. The Morgan fingerprint density at radius 2 is 1.89 bits per heavy atom. The van der Waals surface area contributed by atoms with Crippen LogP contribution < -0.4 is 11.1 Å². The molecule has 1 aromatic rings. The minimum absolute atomic E-state index is 0.366. The van der Waals surface area contributed by atoms with Crippen LogP contribution in [0, 0.1) is 25.7 Å². The summed E-state index contributed by atoms with van der Waals surface area (Å²) < 4.78 is 0. The first-order valence-electron chi connectivity index (χ1n) is 6.22. The van der Waals surface area contributed by atoms with Crippen LogP contribution in [0.5, 0.6) is 0 Å². The second-order valence-corrected chi connectivity index (χ2v) is 5.54. The van der Waals surface area contributed by atoms with E-state index in [1.165, 1.54) is 0 Å². The van der Waals surface area contributed by atoms with Crippen molar-refractivity contribution in [2.75, 3.05) is 11.9 Å². The number of hydrogen-bond donors (Lipinski definition) is 2. The van der Waals surface area contributed by atoms with E-state index in [1.807, 2.05) is 13.8 Å². The van der Waals surface area contributed by atoms with Gasteiger partial charge in [-0.3, -0.25) is 0 Å². The van der Waals surface area contributed by atoms with Gasteiger partial charge < -0.3 is 11.1 Å². The highest BCUT2D eigenvalue weighted by Crippen LogP contribution is 2.19. The molecule has 0 fully saturated rings. The van der Waals surface area contributed by atoms with Crippen molar-refractivity contribution in [1.29, 1.82) is 0 Å². The Morgan fingerprint density at radius 3 is 2.39 bits per heavy atom. The Morgan fingerprint density at radius 1 is 1.28 bits per heavy atom. The number of nitrogens with one attached hydrogen (secondary N) is 1. The normalized spacial score (nSPS) is 12.6. The Hall–Kier alpha value is -1.23. The fourth-order valence-electron chi connectivity index (χ4n) is 1.53. The largest absolute Gasteiger partial charge is 0.389 e. The van der Waals surface area contributed by atoms with Gasteiger partial charge in [-0.2, -0.15) is 5.10 Å². The molecule has 0 saturated heterocycles. The molecule has 0 aliphatic rings. The molecule has 1 rings (SSSR count). The molecule has 18 heavy (non-hydrogen) atoms. The van der Waals surface area contributed by atoms with Crippen molar-refractivity contribution in [2.45, 2.75) is 34.6 Å². The molecule has 5 heteroatoms. The van der Waals surface area contributed by atoms with Gasteiger partial charge in [0.05, 0.1) is 11.3 Å². The van der Waals surface area contributed by atoms with Crippen LogP contribution in [0.15, 0.2) is 0 Å². The topological polar surface area (TPSA) is 63.8 Å². The summed E-state index contributed by atoms with van der Waals surface area (Å²) in [6.07, 6.45) is 0. The summed E-state index contributed by atoms with van der Waals surface area (Å²) >= 11 is 5.10. The van der Waals surface area contributed by atoms with Crippen LogP contribution in [0.3, 0.4) is 0 Å². The number of rotatable bonds is 5. The Balaban J connectivity index is 2.96. The molecule has 0 saturated carbocycles. The summed E-state index contributed by atoms with van der Waals surface area (Å²) in [5.74, 6) is 1.86. The molecule has 0 radical (unpaired) electrons. The van der Waals surface area contributed by atoms with Crippen LogP contribution in [0.2, 0.25) is 0 Å². The fraction of sp³-hybridized carbons (Fsp3) is 0.615. The Kier molecular flexibility index (Phi) is 5.02. The molecule has 0 aliphatic carbocycles. The lowest BCUT2D eigenvalue weighted by Crippen LogP contribution is -2.22. The molecule has 0 amide bonds. The second-order valence-electron chi connectivity index (χ2n) is 5.10. The highest BCUT2D eigenvalue weighted by atomic mass is 32.1. The zero-order valence-electron chi connectivity index (χ0n) is 11.7. The molecule has 0 spiro atoms. The molecule has 1 unspecified atom stereocenters. The van der Waals surface area contributed by atoms with Gasteiger partial charge in [-0.1, -0.05) is 33.0 Å². The lowest BCUT2D eigenvalue weighted by atomic mass is 9.98. The van der Waals surface area contributed by atoms with E-state index in [-0.39, 0.29) is 0 Å². The van der Waals surface area contributed by atoms with E-state index in [9.17, 15) is 0 Å². The number of nitrogens with zero attached hydrogens (tertiary/aromatic N) is 2. The number of thiocarbonyl (C=S) groups is 1. The molecule has 4 nitrogen and oxygen atoms in total. The van der Waals surface area contributed by atoms with E-state index in [0.29, 0.717) is 22.6 Å². The molecular weight excluding hydrogens is 244 g/mol. The van der Waals surface area contributed by atoms with Gasteiger partial charge in [0.15, 0.2) is 5.82 Å². The van der Waals surface area contributed by atoms with E-state index in [1.54, 1.807) is 0 Å². The molecular formula is C13H22N4S. The number of anilines is 1. The molecule has 0 bridgehead atoms. The predicted molar refractivity (Wildman–Crippen MR) is 79.9 cm³/mol. The van der Waals surface area contributed by atoms with Gasteiger partial charge in [0.25, 0.3) is 0 Å². The molecule has 1 aromatic heterocycles. The predicted octanol–water partition coefficient (Wildman–Crippen LogP) is 2.43. The van der Waals surface area contributed by atoms with Crippen molar-refractivity contribution in [2.24, 2.45) is 17.6 Å². The third-order valence-electron chi connectivity index (χ3n) is 3.43. The van der Waals surface area contributed by atoms with E-state index < -0.39 is 0 Å². The van der Waals surface area contributed by atoms with E-state index in [0.717, 1.165) is 23.4 Å². The maximum atomic E-state index is 5.77. The van der Waals surface area contributed by atoms with Crippen LogP contribution >= 0.6 is 12.2 Å². The van der Waals surface area contributed by atoms with Gasteiger partial charge in [0.1, 0.15) is 4.99 Å². The molecule has 1 atom stereocenters. The first-order chi connectivity index (χ1) is 8.34. The highest BCUT2D eigenvalue weighted by molar-refractivity contribution is 7.80. The van der Waals surface area contributed by atoms with Gasteiger partial charge in [-0.05, 0) is 31.2 Å². The van der Waals surface area contributed by atoms with Crippen molar-refractivity contribution in [3.63, 3.8) is 0 Å². The molecule has 100 valence electrons. The number of nitrogens with two attached hydrogens (primary N) is 1. The summed E-state index contributed by atoms with van der Waals surface area (Å²) in [6.45, 7) is 11.3. The monoisotopic (exact) mass is 266 g/mol. The van der Waals surface area contributed by atoms with Gasteiger partial charge in [0, 0.05) is 6.54 Å². The number of aromatic nitrogens is 2. The number of aryl methyl sites for hydroxylation is 1. The van der Waals surface area contributed by atoms with Gasteiger partial charge in [0.2, 0.25) is 0 Å². The van der Waals surface area contributed by atoms with Crippen LogP contribution in [-0.4, -0.2) is 21.7 Å². The average Bonchev–Trinajstić information content (AvgIpc) is 2.29. The van der Waals surface area contributed by atoms with E-state index in [4.69, 9.17) is 18.0 Å². The quantitative estimate of drug-likeness (QED) is 0.801. The van der Waals surface area contributed by atoms with Crippen LogP contribution in [0.1, 0.15) is 37.6 Å². The van der Waals surface area contributed by atoms with Crippen molar-refractivity contribution in [1.82, 2.24) is 10.2 Å². The minimum atomic E-state index is 0.366. The summed E-state index contributed by atoms with van der Waals surface area (Å²) in [5, 5.41) is 11.6. The van der Waals surface area contributed by atoms with Crippen LogP contribution in [0.25, 0.3) is 0 Å². The van der Waals surface area contributed by atoms with Crippen molar-refractivity contribution < 1.29 is 0 Å². The molecule has 1 heterocycles. The molecule has 3 N–H and O–H groups in total. The number of hydrogen-bond acceptors (Lipinski definition) is 4. The first kappa shape index (κ1) is 14.8. The molecule has 0 aliphatic heterocycles. The first-order valence-corrected chi connectivity index (χ1v) is 6.63. The third-order valence-corrected chi connectivity index (χ3v) is 3.63. The van der Waals surface area contributed by atoms with E-state index in [2.05, 4.69) is 36.3 Å². The maximum Gasteiger partial charge on any atom is 0.159 e. The lowest BCUT2D eigenvalue weighted by molar-refractivity contribution is 0.439. The Bertz CT molecular complexity index is 443. The lowest BCUT2D eigenvalue weighted by Gasteiger charge is -2.18. The van der Waals surface area contributed by atoms with Gasteiger partial charge >= 0.3 is 0 Å². The SMILES string of the molecule is Cc1nnc(NCC(C)C(C)C)c(C(N)=S)c1C. The zero-order chi connectivity index (χ0) is 13.9. The average molecular weight is 266 g/mol. The summed E-state index contributed by atoms with van der Waals surface area (Å²) in [6, 6.07) is 0. The third kappa shape index (κ3) is 3.38. The minimum Gasteiger partial charge on any atom is -0.389 e. The zero-order valence-corrected chi connectivity index (χ0v) is 12.6. The maximum absolute atomic E-state index is 5.77. The van der Waals surface area contributed by atoms with Crippen molar-refractivity contribution >= 4 is 23.0 Å². The smallest absolute Gasteiger partial charge is 0.159 e. The van der Waals surface area contributed by atoms with Crippen molar-refractivity contribution in [3.8, 4) is 0 Å². The Labute approximate surface area is 114 Å². The van der Waals surface area contributed by atoms with Gasteiger partial charge in [-0.25, -0.2) is 0 Å². The summed E-state index contributed by atoms with van der Waals surface area (Å²) in [5.41, 5.74) is 8.45. The fourth-order valence-corrected chi connectivity index (χ4v) is 1.78. The van der Waals surface area contributed by atoms with Crippen molar-refractivity contribution in [3.05, 3.63) is 16.8 Å². The van der Waals surface area contributed by atoms with Crippen LogP contribution in [0.4, 0.5) is 5.82 Å². The summed E-state index contributed by atoms with van der Waals surface area (Å²) in [4.78, 5) is 0.366. The van der Waals surface area contributed by atoms with E-state index >= 15 is 0 Å².